The van der Waals surface area contributed by atoms with E-state index in [0.717, 1.165) is 22.5 Å². The van der Waals surface area contributed by atoms with Gasteiger partial charge < -0.3 is 10.6 Å². The number of halogens is 1. The number of nitrogens with one attached hydrogen (secondary N) is 2. The molecule has 0 saturated carbocycles. The number of anilines is 2. The Morgan fingerprint density at radius 2 is 1.90 bits per heavy atom. The number of rotatable bonds is 5. The molecule has 0 spiro atoms. The van der Waals surface area contributed by atoms with Crippen LogP contribution in [0.5, 0.6) is 0 Å². The first-order valence-electron chi connectivity index (χ1n) is 6.97. The minimum Gasteiger partial charge on any atom is -0.381 e. The highest BCUT2D eigenvalue weighted by Gasteiger charge is 2.02. The molecule has 0 saturated heterocycles. The summed E-state index contributed by atoms with van der Waals surface area (Å²) in [6, 6.07) is 12.3. The minimum absolute atomic E-state index is 0.0125. The van der Waals surface area contributed by atoms with Gasteiger partial charge in [-0.15, -0.1) is 0 Å². The van der Waals surface area contributed by atoms with E-state index >= 15 is 0 Å². The van der Waals surface area contributed by atoms with Crippen molar-refractivity contribution in [2.45, 2.75) is 26.8 Å². The second kappa shape index (κ2) is 6.88. The molecule has 2 rings (SSSR count). The van der Waals surface area contributed by atoms with Gasteiger partial charge in [-0.3, -0.25) is 4.79 Å². The normalized spacial score (nSPS) is 10.2. The predicted octanol–water partition coefficient (Wildman–Crippen LogP) is 4.09. The Hall–Kier alpha value is -2.36. The van der Waals surface area contributed by atoms with Crippen LogP contribution >= 0.6 is 0 Å². The van der Waals surface area contributed by atoms with Gasteiger partial charge in [0.2, 0.25) is 5.91 Å². The predicted molar refractivity (Wildman–Crippen MR) is 83.8 cm³/mol. The fourth-order valence-corrected chi connectivity index (χ4v) is 2.01. The van der Waals surface area contributed by atoms with Crippen molar-refractivity contribution in [2.75, 3.05) is 10.6 Å². The lowest BCUT2D eigenvalue weighted by atomic mass is 10.1. The Kier molecular flexibility index (Phi) is 4.93. The van der Waals surface area contributed by atoms with Gasteiger partial charge in [0.15, 0.2) is 0 Å². The molecule has 2 aromatic rings. The summed E-state index contributed by atoms with van der Waals surface area (Å²) in [5.41, 5.74) is 3.63. The smallest absolute Gasteiger partial charge is 0.224 e. The van der Waals surface area contributed by atoms with Crippen LogP contribution in [0.3, 0.4) is 0 Å². The minimum atomic E-state index is -0.222. The Morgan fingerprint density at radius 1 is 1.14 bits per heavy atom. The van der Waals surface area contributed by atoms with Crippen molar-refractivity contribution in [1.82, 2.24) is 0 Å². The summed E-state index contributed by atoms with van der Waals surface area (Å²) in [4.78, 5) is 11.4. The van der Waals surface area contributed by atoms with E-state index < -0.39 is 0 Å². The van der Waals surface area contributed by atoms with E-state index in [1.54, 1.807) is 6.07 Å². The van der Waals surface area contributed by atoms with Gasteiger partial charge >= 0.3 is 0 Å². The lowest BCUT2D eigenvalue weighted by Crippen LogP contribution is -2.09. The van der Waals surface area contributed by atoms with Crippen molar-refractivity contribution in [3.63, 3.8) is 0 Å². The van der Waals surface area contributed by atoms with Gasteiger partial charge in [0.1, 0.15) is 5.82 Å². The zero-order valence-electron chi connectivity index (χ0n) is 12.2. The number of hydrogen-bond acceptors (Lipinski definition) is 2. The quantitative estimate of drug-likeness (QED) is 0.869. The summed E-state index contributed by atoms with van der Waals surface area (Å²) < 4.78 is 13.1. The van der Waals surface area contributed by atoms with E-state index in [9.17, 15) is 9.18 Å². The molecule has 0 bridgehead atoms. The molecule has 0 fully saturated rings. The summed E-state index contributed by atoms with van der Waals surface area (Å²) in [5.74, 6) is -0.234. The summed E-state index contributed by atoms with van der Waals surface area (Å²) in [6.07, 6.45) is 0.451. The van der Waals surface area contributed by atoms with Crippen LogP contribution in [0, 0.1) is 12.7 Å². The molecule has 110 valence electrons. The Balaban J connectivity index is 2.03. The van der Waals surface area contributed by atoms with Crippen molar-refractivity contribution < 1.29 is 9.18 Å². The Bertz CT molecular complexity index is 640. The van der Waals surface area contributed by atoms with Crippen LogP contribution in [0.1, 0.15) is 24.5 Å². The Labute approximate surface area is 124 Å². The fourth-order valence-electron chi connectivity index (χ4n) is 2.01. The van der Waals surface area contributed by atoms with Gasteiger partial charge in [-0.1, -0.05) is 19.1 Å². The number of carbonyl (C=O) groups excluding carboxylic acids is 1. The van der Waals surface area contributed by atoms with E-state index in [2.05, 4.69) is 10.6 Å². The summed E-state index contributed by atoms with van der Waals surface area (Å²) >= 11 is 0. The molecule has 0 heterocycles. The molecule has 0 atom stereocenters. The average Bonchev–Trinajstić information content (AvgIpc) is 2.46. The van der Waals surface area contributed by atoms with Gasteiger partial charge in [0.25, 0.3) is 0 Å². The average molecular weight is 286 g/mol. The first-order valence-corrected chi connectivity index (χ1v) is 6.97. The molecule has 0 aliphatic carbocycles. The van der Waals surface area contributed by atoms with E-state index in [-0.39, 0.29) is 11.7 Å². The largest absolute Gasteiger partial charge is 0.381 e. The zero-order valence-corrected chi connectivity index (χ0v) is 12.2. The van der Waals surface area contributed by atoms with Crippen LogP contribution in [0.25, 0.3) is 0 Å². The molecule has 3 nitrogen and oxygen atoms in total. The van der Waals surface area contributed by atoms with E-state index in [0.29, 0.717) is 13.0 Å². The number of aryl methyl sites for hydroxylation is 1. The van der Waals surface area contributed by atoms with Crippen molar-refractivity contribution >= 4 is 17.3 Å². The van der Waals surface area contributed by atoms with Crippen molar-refractivity contribution in [3.8, 4) is 0 Å². The molecule has 0 aliphatic heterocycles. The summed E-state index contributed by atoms with van der Waals surface area (Å²) in [7, 11) is 0. The first-order chi connectivity index (χ1) is 10.1. The summed E-state index contributed by atoms with van der Waals surface area (Å²) in [6.45, 7) is 4.31. The molecule has 2 aromatic carbocycles. The lowest BCUT2D eigenvalue weighted by molar-refractivity contribution is -0.115. The first kappa shape index (κ1) is 15.0. The van der Waals surface area contributed by atoms with Crippen LogP contribution in [0.4, 0.5) is 15.8 Å². The molecule has 1 amide bonds. The fraction of sp³-hybridized carbons (Fsp3) is 0.235. The maximum Gasteiger partial charge on any atom is 0.224 e. The molecule has 0 aromatic heterocycles. The van der Waals surface area contributed by atoms with Crippen molar-refractivity contribution in [1.29, 1.82) is 0 Å². The van der Waals surface area contributed by atoms with E-state index in [1.165, 1.54) is 12.1 Å². The third-order valence-corrected chi connectivity index (χ3v) is 3.26. The highest BCUT2D eigenvalue weighted by Crippen LogP contribution is 2.17. The van der Waals surface area contributed by atoms with Gasteiger partial charge in [-0.2, -0.15) is 0 Å². The molecule has 2 N–H and O–H groups in total. The van der Waals surface area contributed by atoms with Gasteiger partial charge in [-0.25, -0.2) is 4.39 Å². The van der Waals surface area contributed by atoms with E-state index in [1.807, 2.05) is 38.1 Å². The van der Waals surface area contributed by atoms with Crippen LogP contribution in [0.2, 0.25) is 0 Å². The monoisotopic (exact) mass is 286 g/mol. The molecule has 21 heavy (non-hydrogen) atoms. The maximum atomic E-state index is 13.1. The third-order valence-electron chi connectivity index (χ3n) is 3.26. The zero-order chi connectivity index (χ0) is 15.2. The number of amides is 1. The van der Waals surface area contributed by atoms with Crippen LogP contribution in [-0.4, -0.2) is 5.91 Å². The summed E-state index contributed by atoms with van der Waals surface area (Å²) in [5, 5.41) is 6.10. The molecular weight excluding hydrogens is 267 g/mol. The Morgan fingerprint density at radius 3 is 2.62 bits per heavy atom. The second-order valence-electron chi connectivity index (χ2n) is 4.91. The van der Waals surface area contributed by atoms with Crippen LogP contribution < -0.4 is 10.6 Å². The van der Waals surface area contributed by atoms with Crippen LogP contribution in [0.15, 0.2) is 42.5 Å². The van der Waals surface area contributed by atoms with Gasteiger partial charge in [0, 0.05) is 24.3 Å². The highest BCUT2D eigenvalue weighted by atomic mass is 19.1. The van der Waals surface area contributed by atoms with Crippen LogP contribution in [-0.2, 0) is 11.3 Å². The van der Waals surface area contributed by atoms with Gasteiger partial charge in [0.05, 0.1) is 0 Å². The third kappa shape index (κ3) is 4.31. The van der Waals surface area contributed by atoms with Crippen molar-refractivity contribution in [2.24, 2.45) is 0 Å². The molecule has 4 heteroatoms. The highest BCUT2D eigenvalue weighted by molar-refractivity contribution is 5.90. The topological polar surface area (TPSA) is 41.1 Å². The van der Waals surface area contributed by atoms with Gasteiger partial charge in [-0.05, 0) is 48.4 Å². The number of hydrogen-bond donors (Lipinski definition) is 2. The SMILES string of the molecule is CCC(=O)Nc1cccc(NCc2ccc(F)cc2C)c1. The second-order valence-corrected chi connectivity index (χ2v) is 4.91. The molecule has 0 radical (unpaired) electrons. The van der Waals surface area contributed by atoms with Crippen molar-refractivity contribution in [3.05, 3.63) is 59.4 Å². The maximum absolute atomic E-state index is 13.1. The molecule has 0 aliphatic rings. The number of carbonyl (C=O) groups is 1. The molecule has 0 unspecified atom stereocenters. The lowest BCUT2D eigenvalue weighted by Gasteiger charge is -2.11. The molecular formula is C17H19FN2O. The number of benzene rings is 2. The standard InChI is InChI=1S/C17H19FN2O/c1-3-17(21)20-16-6-4-5-15(10-16)19-11-13-7-8-14(18)9-12(13)2/h4-10,19H,3,11H2,1-2H3,(H,20,21). The van der Waals surface area contributed by atoms with E-state index in [4.69, 9.17) is 0 Å².